The molecule has 0 aromatic heterocycles. The zero-order valence-electron chi connectivity index (χ0n) is 12.0. The van der Waals surface area contributed by atoms with Crippen LogP contribution in [-0.4, -0.2) is 19.1 Å². The first-order chi connectivity index (χ1) is 9.29. The summed E-state index contributed by atoms with van der Waals surface area (Å²) < 4.78 is 5.30. The number of nitrogens with two attached hydrogens (primary N) is 1. The van der Waals surface area contributed by atoms with E-state index >= 15 is 0 Å². The molecule has 0 amide bonds. The van der Waals surface area contributed by atoms with E-state index in [1.54, 1.807) is 7.11 Å². The lowest BCUT2D eigenvalue weighted by atomic mass is 9.96. The first-order valence-electron chi connectivity index (χ1n) is 6.98. The molecule has 0 aliphatic heterocycles. The van der Waals surface area contributed by atoms with Crippen molar-refractivity contribution >= 4 is 29.9 Å². The smallest absolute Gasteiger partial charge is 0.189 e. The van der Waals surface area contributed by atoms with Crippen LogP contribution in [0.4, 0.5) is 0 Å². The molecule has 0 bridgehead atoms. The molecular weight excluding hydrogens is 365 g/mol. The third kappa shape index (κ3) is 5.19. The minimum atomic E-state index is 0. The number of para-hydroxylation sites is 1. The van der Waals surface area contributed by atoms with Crippen LogP contribution in [0.2, 0.25) is 0 Å². The second kappa shape index (κ2) is 9.05. The van der Waals surface area contributed by atoms with E-state index in [9.17, 15) is 0 Å². The normalized spacial score (nSPS) is 16.4. The van der Waals surface area contributed by atoms with Gasteiger partial charge in [-0.05, 0) is 18.9 Å². The van der Waals surface area contributed by atoms with Crippen molar-refractivity contribution in [1.29, 1.82) is 0 Å². The largest absolute Gasteiger partial charge is 0.496 e. The van der Waals surface area contributed by atoms with Gasteiger partial charge in [-0.3, -0.25) is 0 Å². The molecule has 1 aromatic rings. The zero-order chi connectivity index (χ0) is 13.5. The Balaban J connectivity index is 0.00000200. The third-order valence-electron chi connectivity index (χ3n) is 3.57. The van der Waals surface area contributed by atoms with Crippen LogP contribution in [0.25, 0.3) is 0 Å². The molecule has 0 heterocycles. The molecule has 5 heteroatoms. The summed E-state index contributed by atoms with van der Waals surface area (Å²) in [7, 11) is 1.67. The van der Waals surface area contributed by atoms with Crippen molar-refractivity contribution in [1.82, 2.24) is 5.32 Å². The molecule has 1 fully saturated rings. The highest BCUT2D eigenvalue weighted by Crippen LogP contribution is 2.19. The lowest BCUT2D eigenvalue weighted by Gasteiger charge is -2.23. The van der Waals surface area contributed by atoms with E-state index < -0.39 is 0 Å². The number of aliphatic imine (C=N–C) groups is 1. The van der Waals surface area contributed by atoms with Gasteiger partial charge in [0.2, 0.25) is 0 Å². The van der Waals surface area contributed by atoms with E-state index in [0.717, 1.165) is 11.3 Å². The van der Waals surface area contributed by atoms with Crippen molar-refractivity contribution in [2.45, 2.75) is 44.7 Å². The van der Waals surface area contributed by atoms with Gasteiger partial charge in [0.1, 0.15) is 5.75 Å². The van der Waals surface area contributed by atoms with E-state index in [4.69, 9.17) is 10.5 Å². The second-order valence-electron chi connectivity index (χ2n) is 4.99. The molecule has 0 spiro atoms. The standard InChI is InChI=1S/C15H23N3O.HI/c1-19-14-10-6-5-7-12(14)11-17-15(16)18-13-8-3-2-4-9-13;/h5-7,10,13H,2-4,8-9,11H2,1H3,(H3,16,17,18);1H. The van der Waals surface area contributed by atoms with Crippen LogP contribution in [-0.2, 0) is 6.54 Å². The first-order valence-corrected chi connectivity index (χ1v) is 6.98. The molecule has 0 saturated heterocycles. The topological polar surface area (TPSA) is 59.6 Å². The highest BCUT2D eigenvalue weighted by Gasteiger charge is 2.13. The van der Waals surface area contributed by atoms with Crippen molar-refractivity contribution in [3.63, 3.8) is 0 Å². The molecule has 1 aliphatic rings. The minimum absolute atomic E-state index is 0. The van der Waals surface area contributed by atoms with Gasteiger partial charge in [-0.25, -0.2) is 4.99 Å². The fraction of sp³-hybridized carbons (Fsp3) is 0.533. The maximum absolute atomic E-state index is 5.94. The lowest BCUT2D eigenvalue weighted by Crippen LogP contribution is -2.41. The van der Waals surface area contributed by atoms with Crippen LogP contribution in [0.5, 0.6) is 5.75 Å². The Morgan fingerprint density at radius 2 is 2.00 bits per heavy atom. The number of ether oxygens (including phenoxy) is 1. The van der Waals surface area contributed by atoms with Crippen LogP contribution in [0.15, 0.2) is 29.3 Å². The summed E-state index contributed by atoms with van der Waals surface area (Å²) in [6.07, 6.45) is 6.32. The summed E-state index contributed by atoms with van der Waals surface area (Å²) in [6, 6.07) is 8.38. The Bertz CT molecular complexity index is 431. The molecule has 0 atom stereocenters. The highest BCUT2D eigenvalue weighted by molar-refractivity contribution is 14.0. The molecule has 20 heavy (non-hydrogen) atoms. The highest BCUT2D eigenvalue weighted by atomic mass is 127. The number of benzene rings is 1. The van der Waals surface area contributed by atoms with Crippen LogP contribution in [0.3, 0.4) is 0 Å². The molecule has 0 radical (unpaired) electrons. The van der Waals surface area contributed by atoms with Gasteiger partial charge in [-0.15, -0.1) is 24.0 Å². The minimum Gasteiger partial charge on any atom is -0.496 e. The van der Waals surface area contributed by atoms with Crippen molar-refractivity contribution in [3.05, 3.63) is 29.8 Å². The predicted octanol–water partition coefficient (Wildman–Crippen LogP) is 3.05. The number of hydrogen-bond acceptors (Lipinski definition) is 2. The fourth-order valence-electron chi connectivity index (χ4n) is 2.51. The molecule has 1 saturated carbocycles. The second-order valence-corrected chi connectivity index (χ2v) is 4.99. The summed E-state index contributed by atoms with van der Waals surface area (Å²) in [5.74, 6) is 1.40. The SMILES string of the molecule is COc1ccccc1CN=C(N)NC1CCCCC1.I. The van der Waals surface area contributed by atoms with Crippen LogP contribution < -0.4 is 15.8 Å². The number of guanidine groups is 1. The number of nitrogens with one attached hydrogen (secondary N) is 1. The first kappa shape index (κ1) is 17.1. The van der Waals surface area contributed by atoms with Gasteiger partial charge >= 0.3 is 0 Å². The lowest BCUT2D eigenvalue weighted by molar-refractivity contribution is 0.408. The van der Waals surface area contributed by atoms with E-state index in [-0.39, 0.29) is 24.0 Å². The van der Waals surface area contributed by atoms with Gasteiger partial charge in [0.15, 0.2) is 5.96 Å². The van der Waals surface area contributed by atoms with Gasteiger partial charge in [0, 0.05) is 11.6 Å². The number of halogens is 1. The van der Waals surface area contributed by atoms with Crippen molar-refractivity contribution in [2.24, 2.45) is 10.7 Å². The van der Waals surface area contributed by atoms with Crippen molar-refractivity contribution in [2.75, 3.05) is 7.11 Å². The average Bonchev–Trinajstić information content (AvgIpc) is 2.46. The van der Waals surface area contributed by atoms with E-state index in [0.29, 0.717) is 18.5 Å². The number of nitrogens with zero attached hydrogens (tertiary/aromatic N) is 1. The quantitative estimate of drug-likeness (QED) is 0.473. The Kier molecular flexibility index (Phi) is 7.72. The number of hydrogen-bond donors (Lipinski definition) is 2. The Morgan fingerprint density at radius 3 is 2.70 bits per heavy atom. The molecule has 3 N–H and O–H groups in total. The Labute approximate surface area is 138 Å². The van der Waals surface area contributed by atoms with Crippen LogP contribution in [0.1, 0.15) is 37.7 Å². The number of rotatable bonds is 4. The average molecular weight is 389 g/mol. The number of methoxy groups -OCH3 is 1. The van der Waals surface area contributed by atoms with Crippen LogP contribution in [0, 0.1) is 0 Å². The summed E-state index contributed by atoms with van der Waals surface area (Å²) >= 11 is 0. The Morgan fingerprint density at radius 1 is 1.30 bits per heavy atom. The van der Waals surface area contributed by atoms with E-state index in [2.05, 4.69) is 10.3 Å². The molecule has 4 nitrogen and oxygen atoms in total. The zero-order valence-corrected chi connectivity index (χ0v) is 14.3. The van der Waals surface area contributed by atoms with Gasteiger partial charge in [-0.2, -0.15) is 0 Å². The van der Waals surface area contributed by atoms with Gasteiger partial charge in [0.05, 0.1) is 13.7 Å². The molecule has 112 valence electrons. The van der Waals surface area contributed by atoms with Crippen molar-refractivity contribution < 1.29 is 4.74 Å². The Hall–Kier alpha value is -0.980. The molecule has 2 rings (SSSR count). The molecule has 1 aromatic carbocycles. The van der Waals surface area contributed by atoms with E-state index in [1.165, 1.54) is 32.1 Å². The van der Waals surface area contributed by atoms with Crippen LogP contribution >= 0.6 is 24.0 Å². The molecule has 0 unspecified atom stereocenters. The predicted molar refractivity (Wildman–Crippen MR) is 93.7 cm³/mol. The summed E-state index contributed by atoms with van der Waals surface area (Å²) in [5.41, 5.74) is 7.00. The summed E-state index contributed by atoms with van der Waals surface area (Å²) in [5, 5.41) is 3.31. The molecular formula is C15H24IN3O. The third-order valence-corrected chi connectivity index (χ3v) is 3.57. The summed E-state index contributed by atoms with van der Waals surface area (Å²) in [6.45, 7) is 0.551. The summed E-state index contributed by atoms with van der Waals surface area (Å²) in [4.78, 5) is 4.40. The van der Waals surface area contributed by atoms with Crippen molar-refractivity contribution in [3.8, 4) is 5.75 Å². The van der Waals surface area contributed by atoms with Gasteiger partial charge < -0.3 is 15.8 Å². The maximum atomic E-state index is 5.94. The van der Waals surface area contributed by atoms with Gasteiger partial charge in [0.25, 0.3) is 0 Å². The van der Waals surface area contributed by atoms with Gasteiger partial charge in [-0.1, -0.05) is 37.5 Å². The fourth-order valence-corrected chi connectivity index (χ4v) is 2.51. The van der Waals surface area contributed by atoms with E-state index in [1.807, 2.05) is 24.3 Å². The monoisotopic (exact) mass is 389 g/mol. The maximum Gasteiger partial charge on any atom is 0.189 e. The molecule has 1 aliphatic carbocycles.